The van der Waals surface area contributed by atoms with Crippen LogP contribution in [0.3, 0.4) is 0 Å². The first-order valence-electron chi connectivity index (χ1n) is 5.02. The molecule has 0 saturated carbocycles. The Kier molecular flexibility index (Phi) is 2.87. The van der Waals surface area contributed by atoms with Gasteiger partial charge in [-0.25, -0.2) is 8.78 Å². The molecule has 5 heteroatoms. The van der Waals surface area contributed by atoms with Gasteiger partial charge >= 0.3 is 0 Å². The number of halogens is 2. The van der Waals surface area contributed by atoms with E-state index in [1.807, 2.05) is 0 Å². The zero-order valence-corrected chi connectivity index (χ0v) is 8.56. The molecular weight excluding hydrogens is 216 g/mol. The van der Waals surface area contributed by atoms with Gasteiger partial charge < -0.3 is 10.5 Å². The number of benzene rings is 1. The quantitative estimate of drug-likeness (QED) is 0.777. The number of hydrogen-bond donors (Lipinski definition) is 1. The van der Waals surface area contributed by atoms with Gasteiger partial charge in [-0.2, -0.15) is 0 Å². The van der Waals surface area contributed by atoms with E-state index in [1.54, 1.807) is 0 Å². The summed E-state index contributed by atoms with van der Waals surface area (Å²) in [4.78, 5) is 11.5. The number of carbonyl (C=O) groups is 1. The zero-order valence-electron chi connectivity index (χ0n) is 8.56. The first kappa shape index (κ1) is 11.0. The maximum Gasteiger partial charge on any atom is 0.183 e. The zero-order chi connectivity index (χ0) is 11.7. The number of nitrogens with two attached hydrogens (primary N) is 1. The van der Waals surface area contributed by atoms with Crippen molar-refractivity contribution in [3.63, 3.8) is 0 Å². The normalized spacial score (nSPS) is 14.2. The first-order valence-corrected chi connectivity index (χ1v) is 5.02. The van der Waals surface area contributed by atoms with Crippen molar-refractivity contribution in [3.8, 4) is 5.75 Å². The molecule has 0 aromatic heterocycles. The van der Waals surface area contributed by atoms with Gasteiger partial charge in [0.05, 0.1) is 18.7 Å². The molecule has 0 unspecified atom stereocenters. The summed E-state index contributed by atoms with van der Waals surface area (Å²) in [5.74, 6) is -2.12. The van der Waals surface area contributed by atoms with Crippen molar-refractivity contribution in [2.45, 2.75) is 12.8 Å². The number of fused-ring (bicyclic) bond motifs is 1. The summed E-state index contributed by atoms with van der Waals surface area (Å²) in [6.07, 6.45) is 1.11. The Hall–Kier alpha value is -1.49. The molecule has 86 valence electrons. The summed E-state index contributed by atoms with van der Waals surface area (Å²) in [7, 11) is 0. The van der Waals surface area contributed by atoms with Gasteiger partial charge in [0.1, 0.15) is 17.4 Å². The van der Waals surface area contributed by atoms with Gasteiger partial charge in [-0.1, -0.05) is 0 Å². The van der Waals surface area contributed by atoms with Crippen molar-refractivity contribution < 1.29 is 18.3 Å². The van der Waals surface area contributed by atoms with Gasteiger partial charge in [0.2, 0.25) is 0 Å². The highest BCUT2D eigenvalue weighted by Crippen LogP contribution is 2.33. The average molecular weight is 227 g/mol. The fourth-order valence-corrected chi connectivity index (χ4v) is 1.82. The second kappa shape index (κ2) is 4.17. The third-order valence-electron chi connectivity index (χ3n) is 2.56. The molecule has 1 aliphatic heterocycles. The van der Waals surface area contributed by atoms with E-state index in [9.17, 15) is 13.6 Å². The van der Waals surface area contributed by atoms with Crippen LogP contribution < -0.4 is 10.5 Å². The molecule has 0 spiro atoms. The molecule has 0 atom stereocenters. The third-order valence-corrected chi connectivity index (χ3v) is 2.56. The van der Waals surface area contributed by atoms with Crippen LogP contribution in [0.4, 0.5) is 8.78 Å². The summed E-state index contributed by atoms with van der Waals surface area (Å²) >= 11 is 0. The lowest BCUT2D eigenvalue weighted by Crippen LogP contribution is -2.20. The van der Waals surface area contributed by atoms with Crippen molar-refractivity contribution in [3.05, 3.63) is 28.8 Å². The lowest BCUT2D eigenvalue weighted by atomic mass is 9.99. The van der Waals surface area contributed by atoms with E-state index in [2.05, 4.69) is 0 Å². The van der Waals surface area contributed by atoms with Crippen LogP contribution in [0.15, 0.2) is 6.07 Å². The van der Waals surface area contributed by atoms with E-state index >= 15 is 0 Å². The molecule has 0 saturated heterocycles. The monoisotopic (exact) mass is 227 g/mol. The van der Waals surface area contributed by atoms with Crippen LogP contribution in [0.5, 0.6) is 5.75 Å². The molecule has 2 N–H and O–H groups in total. The van der Waals surface area contributed by atoms with Crippen molar-refractivity contribution in [1.29, 1.82) is 0 Å². The second-order valence-electron chi connectivity index (χ2n) is 3.60. The minimum absolute atomic E-state index is 0.0270. The van der Waals surface area contributed by atoms with Gasteiger partial charge in [0.25, 0.3) is 0 Å². The van der Waals surface area contributed by atoms with E-state index in [0.29, 0.717) is 19.4 Å². The number of ketones is 1. The van der Waals surface area contributed by atoms with Crippen LogP contribution in [0.25, 0.3) is 0 Å². The highest BCUT2D eigenvalue weighted by atomic mass is 19.1. The molecule has 0 radical (unpaired) electrons. The summed E-state index contributed by atoms with van der Waals surface area (Å²) < 4.78 is 32.1. The second-order valence-corrected chi connectivity index (χ2v) is 3.60. The fourth-order valence-electron chi connectivity index (χ4n) is 1.82. The number of ether oxygens (including phenoxy) is 1. The van der Waals surface area contributed by atoms with Crippen molar-refractivity contribution in [1.82, 2.24) is 0 Å². The van der Waals surface area contributed by atoms with Crippen LogP contribution in [-0.2, 0) is 6.42 Å². The number of rotatable bonds is 2. The molecule has 2 rings (SSSR count). The van der Waals surface area contributed by atoms with Crippen molar-refractivity contribution in [2.75, 3.05) is 13.2 Å². The van der Waals surface area contributed by atoms with Crippen LogP contribution >= 0.6 is 0 Å². The largest absolute Gasteiger partial charge is 0.492 e. The summed E-state index contributed by atoms with van der Waals surface area (Å²) in [5.41, 5.74) is 5.22. The van der Waals surface area contributed by atoms with Crippen LogP contribution in [0.1, 0.15) is 22.3 Å². The van der Waals surface area contributed by atoms with Crippen LogP contribution in [0.2, 0.25) is 0 Å². The molecule has 16 heavy (non-hydrogen) atoms. The summed E-state index contributed by atoms with van der Waals surface area (Å²) in [5, 5.41) is 0. The molecule has 0 bridgehead atoms. The lowest BCUT2D eigenvalue weighted by Gasteiger charge is -2.20. The molecule has 3 nitrogen and oxygen atoms in total. The predicted molar refractivity (Wildman–Crippen MR) is 53.6 cm³/mol. The fraction of sp³-hybridized carbons (Fsp3) is 0.364. The predicted octanol–water partition coefficient (Wildman–Crippen LogP) is 1.43. The maximum atomic E-state index is 13.5. The van der Waals surface area contributed by atoms with Crippen LogP contribution in [0, 0.1) is 11.6 Å². The van der Waals surface area contributed by atoms with E-state index in [1.165, 1.54) is 0 Å². The van der Waals surface area contributed by atoms with Crippen molar-refractivity contribution in [2.24, 2.45) is 5.73 Å². The first-order chi connectivity index (χ1) is 7.65. The smallest absolute Gasteiger partial charge is 0.183 e. The third kappa shape index (κ3) is 1.67. The van der Waals surface area contributed by atoms with Gasteiger partial charge in [-0.05, 0) is 12.8 Å². The Bertz CT molecular complexity index is 446. The molecule has 1 aromatic carbocycles. The standard InChI is InChI=1S/C11H11F2NO2/c12-7-4-8(13)10(9(15)5-14)11-6(7)2-1-3-16-11/h4H,1-3,5,14H2. The van der Waals surface area contributed by atoms with E-state index in [0.717, 1.165) is 6.07 Å². The van der Waals surface area contributed by atoms with E-state index in [4.69, 9.17) is 10.5 Å². The number of hydrogen-bond acceptors (Lipinski definition) is 3. The molecule has 0 aliphatic carbocycles. The molecule has 1 aliphatic rings. The Labute approximate surface area is 91.2 Å². The molecule has 1 heterocycles. The molecule has 1 aromatic rings. The van der Waals surface area contributed by atoms with Gasteiger partial charge in [0.15, 0.2) is 5.78 Å². The lowest BCUT2D eigenvalue weighted by molar-refractivity contribution is 0.0992. The average Bonchev–Trinajstić information content (AvgIpc) is 2.28. The van der Waals surface area contributed by atoms with E-state index in [-0.39, 0.29) is 23.4 Å². The van der Waals surface area contributed by atoms with E-state index < -0.39 is 17.4 Å². The summed E-state index contributed by atoms with van der Waals surface area (Å²) in [6.45, 7) is 0.0408. The minimum Gasteiger partial charge on any atom is -0.492 e. The van der Waals surface area contributed by atoms with Crippen LogP contribution in [-0.4, -0.2) is 18.9 Å². The number of carbonyl (C=O) groups excluding carboxylic acids is 1. The highest BCUT2D eigenvalue weighted by Gasteiger charge is 2.25. The topological polar surface area (TPSA) is 52.3 Å². The minimum atomic E-state index is -0.909. The Balaban J connectivity index is 2.63. The van der Waals surface area contributed by atoms with Crippen molar-refractivity contribution >= 4 is 5.78 Å². The highest BCUT2D eigenvalue weighted by molar-refractivity contribution is 6.00. The summed E-state index contributed by atoms with van der Waals surface area (Å²) in [6, 6.07) is 0.719. The Morgan fingerprint density at radius 1 is 1.44 bits per heavy atom. The number of Topliss-reactive ketones (excluding diaryl/α,β-unsaturated/α-hetero) is 1. The SMILES string of the molecule is NCC(=O)c1c(F)cc(F)c2c1OCCC2. The van der Waals surface area contributed by atoms with Gasteiger partial charge in [-0.3, -0.25) is 4.79 Å². The Morgan fingerprint density at radius 3 is 2.88 bits per heavy atom. The van der Waals surface area contributed by atoms with Gasteiger partial charge in [0, 0.05) is 11.6 Å². The molecule has 0 amide bonds. The Morgan fingerprint density at radius 2 is 2.19 bits per heavy atom. The molecular formula is C11H11F2NO2. The maximum absolute atomic E-state index is 13.5. The molecule has 0 fully saturated rings. The van der Waals surface area contributed by atoms with Gasteiger partial charge in [-0.15, -0.1) is 0 Å².